The van der Waals surface area contributed by atoms with Crippen LogP contribution in [0.4, 0.5) is 0 Å². The maximum Gasteiger partial charge on any atom is 0.243 e. The summed E-state index contributed by atoms with van der Waals surface area (Å²) in [6.07, 6.45) is 1.67. The van der Waals surface area contributed by atoms with Crippen LogP contribution in [0.1, 0.15) is 29.5 Å². The second kappa shape index (κ2) is 6.56. The van der Waals surface area contributed by atoms with E-state index >= 15 is 0 Å². The number of methoxy groups -OCH3 is 1. The molecule has 124 valence electrons. The molecule has 1 aromatic rings. The topological polar surface area (TPSA) is 66.8 Å². The van der Waals surface area contributed by atoms with Crippen molar-refractivity contribution < 1.29 is 18.3 Å². The molecule has 1 aromatic carbocycles. The first kappa shape index (κ1) is 17.2. The molecule has 6 heteroatoms. The van der Waals surface area contributed by atoms with Crippen LogP contribution in [0.25, 0.3) is 0 Å². The first-order valence-electron chi connectivity index (χ1n) is 7.58. The summed E-state index contributed by atoms with van der Waals surface area (Å²) in [6.45, 7) is 6.44. The highest BCUT2D eigenvalue weighted by molar-refractivity contribution is 7.89. The van der Waals surface area contributed by atoms with Gasteiger partial charge in [-0.15, -0.1) is 0 Å². The highest BCUT2D eigenvalue weighted by atomic mass is 32.2. The van der Waals surface area contributed by atoms with Gasteiger partial charge >= 0.3 is 0 Å². The lowest BCUT2D eigenvalue weighted by atomic mass is 10.0. The summed E-state index contributed by atoms with van der Waals surface area (Å²) in [6, 6.07) is 1.78. The largest absolute Gasteiger partial charge is 0.496 e. The van der Waals surface area contributed by atoms with Crippen molar-refractivity contribution >= 4 is 10.0 Å². The van der Waals surface area contributed by atoms with Gasteiger partial charge in [-0.1, -0.05) is 0 Å². The smallest absolute Gasteiger partial charge is 0.243 e. The maximum absolute atomic E-state index is 13.0. The van der Waals surface area contributed by atoms with Crippen molar-refractivity contribution in [2.24, 2.45) is 5.92 Å². The molecule has 1 fully saturated rings. The predicted molar refractivity (Wildman–Crippen MR) is 85.8 cm³/mol. The van der Waals surface area contributed by atoms with E-state index in [-0.39, 0.29) is 12.5 Å². The molecule has 1 aliphatic heterocycles. The Bertz CT molecular complexity index is 655. The highest BCUT2D eigenvalue weighted by Crippen LogP contribution is 2.33. The lowest BCUT2D eigenvalue weighted by Gasteiger charge is -2.32. The van der Waals surface area contributed by atoms with Crippen LogP contribution in [0.3, 0.4) is 0 Å². The van der Waals surface area contributed by atoms with Crippen molar-refractivity contribution in [2.45, 2.75) is 38.5 Å². The molecule has 0 amide bonds. The van der Waals surface area contributed by atoms with E-state index in [0.29, 0.717) is 29.3 Å². The molecule has 22 heavy (non-hydrogen) atoms. The zero-order valence-corrected chi connectivity index (χ0v) is 14.5. The molecule has 1 heterocycles. The Morgan fingerprint density at radius 3 is 2.59 bits per heavy atom. The molecule has 1 atom stereocenters. The van der Waals surface area contributed by atoms with Gasteiger partial charge in [0, 0.05) is 19.7 Å². The molecular weight excluding hydrogens is 302 g/mol. The van der Waals surface area contributed by atoms with Gasteiger partial charge in [0.05, 0.1) is 12.0 Å². The van der Waals surface area contributed by atoms with Gasteiger partial charge in [-0.3, -0.25) is 0 Å². The van der Waals surface area contributed by atoms with Crippen LogP contribution in [0.15, 0.2) is 11.0 Å². The zero-order valence-electron chi connectivity index (χ0n) is 13.7. The number of aryl methyl sites for hydroxylation is 1. The minimum Gasteiger partial charge on any atom is -0.496 e. The molecule has 0 bridgehead atoms. The highest BCUT2D eigenvalue weighted by Gasteiger charge is 2.32. The monoisotopic (exact) mass is 327 g/mol. The lowest BCUT2D eigenvalue weighted by Crippen LogP contribution is -2.41. The minimum absolute atomic E-state index is 0.0310. The molecule has 1 unspecified atom stereocenters. The molecule has 0 spiro atoms. The predicted octanol–water partition coefficient (Wildman–Crippen LogP) is 2.01. The maximum atomic E-state index is 13.0. The lowest BCUT2D eigenvalue weighted by molar-refractivity contribution is 0.165. The fraction of sp³-hybridized carbons (Fsp3) is 0.625. The molecule has 1 aliphatic rings. The quantitative estimate of drug-likeness (QED) is 0.919. The van der Waals surface area contributed by atoms with Crippen molar-refractivity contribution in [3.05, 3.63) is 22.8 Å². The number of nitrogens with zero attached hydrogens (tertiary/aromatic N) is 1. The molecule has 1 N–H and O–H groups in total. The summed E-state index contributed by atoms with van der Waals surface area (Å²) in [7, 11) is -1.96. The summed E-state index contributed by atoms with van der Waals surface area (Å²) in [5, 5.41) is 9.33. The molecule has 0 radical (unpaired) electrons. The minimum atomic E-state index is -3.55. The van der Waals surface area contributed by atoms with Crippen LogP contribution < -0.4 is 4.74 Å². The van der Waals surface area contributed by atoms with Crippen molar-refractivity contribution in [2.75, 3.05) is 26.8 Å². The van der Waals surface area contributed by atoms with Crippen LogP contribution >= 0.6 is 0 Å². The number of hydrogen-bond donors (Lipinski definition) is 1. The number of aliphatic hydroxyl groups is 1. The molecule has 1 saturated heterocycles. The Labute approximate surface area is 133 Å². The fourth-order valence-electron chi connectivity index (χ4n) is 3.15. The molecule has 0 saturated carbocycles. The Morgan fingerprint density at radius 1 is 1.32 bits per heavy atom. The first-order chi connectivity index (χ1) is 10.3. The number of aliphatic hydroxyl groups excluding tert-OH is 1. The summed E-state index contributed by atoms with van der Waals surface area (Å²) < 4.78 is 32.9. The summed E-state index contributed by atoms with van der Waals surface area (Å²) >= 11 is 0. The summed E-state index contributed by atoms with van der Waals surface area (Å²) in [5.74, 6) is 0.740. The van der Waals surface area contributed by atoms with Crippen LogP contribution in [0, 0.1) is 26.7 Å². The molecule has 5 nitrogen and oxygen atoms in total. The molecule has 2 rings (SSSR count). The molecular formula is C16H25NO4S. The first-order valence-corrected chi connectivity index (χ1v) is 9.02. The van der Waals surface area contributed by atoms with Gasteiger partial charge in [0.2, 0.25) is 10.0 Å². The van der Waals surface area contributed by atoms with Crippen molar-refractivity contribution in [3.8, 4) is 5.75 Å². The Balaban J connectivity index is 2.48. The van der Waals surface area contributed by atoms with Crippen LogP contribution in [-0.2, 0) is 10.0 Å². The van der Waals surface area contributed by atoms with E-state index in [1.807, 2.05) is 13.8 Å². The van der Waals surface area contributed by atoms with E-state index in [2.05, 4.69) is 0 Å². The van der Waals surface area contributed by atoms with Gasteiger partial charge in [-0.2, -0.15) is 4.31 Å². The third kappa shape index (κ3) is 3.00. The SMILES string of the molecule is COc1cc(C)c(S(=O)(=O)N2CCCC(CO)C2)c(C)c1C. The van der Waals surface area contributed by atoms with Gasteiger partial charge in [-0.25, -0.2) is 8.42 Å². The van der Waals surface area contributed by atoms with Gasteiger partial charge in [0.15, 0.2) is 0 Å². The Kier molecular flexibility index (Phi) is 5.14. The Morgan fingerprint density at radius 2 is 2.00 bits per heavy atom. The van der Waals surface area contributed by atoms with Crippen LogP contribution in [-0.4, -0.2) is 44.6 Å². The second-order valence-electron chi connectivity index (χ2n) is 6.03. The zero-order chi connectivity index (χ0) is 16.5. The van der Waals surface area contributed by atoms with Crippen molar-refractivity contribution in [3.63, 3.8) is 0 Å². The number of sulfonamides is 1. The van der Waals surface area contributed by atoms with E-state index in [0.717, 1.165) is 24.0 Å². The summed E-state index contributed by atoms with van der Waals surface area (Å²) in [5.41, 5.74) is 2.29. The molecule has 0 aliphatic carbocycles. The Hall–Kier alpha value is -1.11. The number of hydrogen-bond acceptors (Lipinski definition) is 4. The van der Waals surface area contributed by atoms with Gasteiger partial charge in [0.25, 0.3) is 0 Å². The summed E-state index contributed by atoms with van der Waals surface area (Å²) in [4.78, 5) is 0.379. The van der Waals surface area contributed by atoms with E-state index in [9.17, 15) is 13.5 Å². The van der Waals surface area contributed by atoms with Crippen molar-refractivity contribution in [1.82, 2.24) is 4.31 Å². The van der Waals surface area contributed by atoms with Gasteiger partial charge in [0.1, 0.15) is 5.75 Å². The van der Waals surface area contributed by atoms with Crippen LogP contribution in [0.2, 0.25) is 0 Å². The number of ether oxygens (including phenoxy) is 1. The van der Waals surface area contributed by atoms with E-state index in [4.69, 9.17) is 4.74 Å². The van der Waals surface area contributed by atoms with E-state index in [1.165, 1.54) is 4.31 Å². The third-order valence-corrected chi connectivity index (χ3v) is 6.69. The number of piperidine rings is 1. The standard InChI is InChI=1S/C16H25NO4S/c1-11-8-15(21-4)12(2)13(3)16(11)22(19,20)17-7-5-6-14(9-17)10-18/h8,14,18H,5-7,9-10H2,1-4H3. The van der Waals surface area contributed by atoms with Gasteiger partial charge in [-0.05, 0) is 62.3 Å². The molecule has 0 aromatic heterocycles. The van der Waals surface area contributed by atoms with Gasteiger partial charge < -0.3 is 9.84 Å². The van der Waals surface area contributed by atoms with Crippen LogP contribution in [0.5, 0.6) is 5.75 Å². The number of benzene rings is 1. The normalized spacial score (nSPS) is 20.1. The fourth-order valence-corrected chi connectivity index (χ4v) is 5.19. The third-order valence-electron chi connectivity index (χ3n) is 4.54. The number of rotatable bonds is 4. The van der Waals surface area contributed by atoms with E-state index < -0.39 is 10.0 Å². The second-order valence-corrected chi connectivity index (χ2v) is 7.90. The average molecular weight is 327 g/mol. The van der Waals surface area contributed by atoms with Crippen molar-refractivity contribution in [1.29, 1.82) is 0 Å². The average Bonchev–Trinajstić information content (AvgIpc) is 2.50. The van der Waals surface area contributed by atoms with E-state index in [1.54, 1.807) is 20.1 Å².